The Morgan fingerprint density at radius 3 is 2.43 bits per heavy atom. The molecule has 1 aromatic carbocycles. The number of carbonyl (C=O) groups excluding carboxylic acids is 1. The summed E-state index contributed by atoms with van der Waals surface area (Å²) >= 11 is 1.46. The Hall–Kier alpha value is -2.47. The molecule has 2 heterocycles. The second-order valence-electron chi connectivity index (χ2n) is 7.79. The number of rotatable bonds is 5. The SMILES string of the molecule is Cc1ccc(-c2csc3ncn(CC(=O)N(C(C)C)C(C)C)c(=O)c23)cc1C. The molecule has 2 aromatic heterocycles. The Kier molecular flexibility index (Phi) is 5.70. The van der Waals surface area contributed by atoms with Crippen molar-refractivity contribution in [1.29, 1.82) is 0 Å². The van der Waals surface area contributed by atoms with Gasteiger partial charge in [-0.2, -0.15) is 0 Å². The van der Waals surface area contributed by atoms with Crippen molar-refractivity contribution in [2.24, 2.45) is 0 Å². The number of hydrogen-bond acceptors (Lipinski definition) is 4. The van der Waals surface area contributed by atoms with Crippen LogP contribution in [0.4, 0.5) is 0 Å². The quantitative estimate of drug-likeness (QED) is 0.642. The summed E-state index contributed by atoms with van der Waals surface area (Å²) in [6.45, 7) is 12.1. The Morgan fingerprint density at radius 1 is 1.14 bits per heavy atom. The van der Waals surface area contributed by atoms with Gasteiger partial charge in [0.15, 0.2) is 0 Å². The number of carbonyl (C=O) groups is 1. The molecule has 0 aliphatic carbocycles. The van der Waals surface area contributed by atoms with Gasteiger partial charge in [-0.25, -0.2) is 4.98 Å². The summed E-state index contributed by atoms with van der Waals surface area (Å²) in [7, 11) is 0. The predicted molar refractivity (Wildman–Crippen MR) is 116 cm³/mol. The lowest BCUT2D eigenvalue weighted by Gasteiger charge is -2.31. The largest absolute Gasteiger partial charge is 0.336 e. The van der Waals surface area contributed by atoms with Crippen LogP contribution in [0.2, 0.25) is 0 Å². The van der Waals surface area contributed by atoms with E-state index in [1.807, 2.05) is 39.1 Å². The third kappa shape index (κ3) is 3.74. The van der Waals surface area contributed by atoms with E-state index in [1.165, 1.54) is 33.4 Å². The first-order valence-electron chi connectivity index (χ1n) is 9.56. The molecule has 28 heavy (non-hydrogen) atoms. The van der Waals surface area contributed by atoms with Crippen LogP contribution in [0.25, 0.3) is 21.3 Å². The van der Waals surface area contributed by atoms with Crippen LogP contribution in [-0.4, -0.2) is 32.4 Å². The number of amides is 1. The highest BCUT2D eigenvalue weighted by molar-refractivity contribution is 7.17. The maximum absolute atomic E-state index is 13.2. The van der Waals surface area contributed by atoms with E-state index in [9.17, 15) is 9.59 Å². The van der Waals surface area contributed by atoms with E-state index in [0.29, 0.717) is 10.2 Å². The van der Waals surface area contributed by atoms with Gasteiger partial charge in [0.2, 0.25) is 5.91 Å². The zero-order chi connectivity index (χ0) is 20.6. The molecule has 3 aromatic rings. The molecule has 6 heteroatoms. The van der Waals surface area contributed by atoms with Gasteiger partial charge in [0.25, 0.3) is 5.56 Å². The van der Waals surface area contributed by atoms with Gasteiger partial charge in [-0.15, -0.1) is 11.3 Å². The molecule has 0 aliphatic rings. The third-order valence-electron chi connectivity index (χ3n) is 5.08. The zero-order valence-corrected chi connectivity index (χ0v) is 18.1. The van der Waals surface area contributed by atoms with Gasteiger partial charge in [0.1, 0.15) is 11.4 Å². The second kappa shape index (κ2) is 7.87. The molecule has 5 nitrogen and oxygen atoms in total. The third-order valence-corrected chi connectivity index (χ3v) is 5.97. The van der Waals surface area contributed by atoms with E-state index >= 15 is 0 Å². The van der Waals surface area contributed by atoms with Crippen LogP contribution in [-0.2, 0) is 11.3 Å². The highest BCUT2D eigenvalue weighted by Gasteiger charge is 2.22. The van der Waals surface area contributed by atoms with Crippen LogP contribution in [0.15, 0.2) is 34.7 Å². The molecule has 0 aliphatic heterocycles. The van der Waals surface area contributed by atoms with Crippen LogP contribution >= 0.6 is 11.3 Å². The predicted octanol–water partition coefficient (Wildman–Crippen LogP) is 4.39. The van der Waals surface area contributed by atoms with Gasteiger partial charge in [-0.1, -0.05) is 18.2 Å². The Labute approximate surface area is 169 Å². The van der Waals surface area contributed by atoms with E-state index < -0.39 is 0 Å². The van der Waals surface area contributed by atoms with E-state index in [1.54, 1.807) is 4.90 Å². The lowest BCUT2D eigenvalue weighted by atomic mass is 10.0. The van der Waals surface area contributed by atoms with Crippen LogP contribution < -0.4 is 5.56 Å². The number of hydrogen-bond donors (Lipinski definition) is 0. The molecule has 0 saturated carbocycles. The van der Waals surface area contributed by atoms with Crippen LogP contribution in [0.5, 0.6) is 0 Å². The monoisotopic (exact) mass is 397 g/mol. The lowest BCUT2D eigenvalue weighted by molar-refractivity contribution is -0.135. The van der Waals surface area contributed by atoms with Crippen molar-refractivity contribution in [2.75, 3.05) is 0 Å². The summed E-state index contributed by atoms with van der Waals surface area (Å²) in [6.07, 6.45) is 1.49. The molecule has 1 amide bonds. The van der Waals surface area contributed by atoms with Crippen molar-refractivity contribution in [3.8, 4) is 11.1 Å². The molecule has 0 saturated heterocycles. The summed E-state index contributed by atoms with van der Waals surface area (Å²) in [5.74, 6) is -0.0730. The molecular weight excluding hydrogens is 370 g/mol. The van der Waals surface area contributed by atoms with Gasteiger partial charge in [-0.3, -0.25) is 14.2 Å². The first-order chi connectivity index (χ1) is 13.2. The average Bonchev–Trinajstić information content (AvgIpc) is 3.04. The van der Waals surface area contributed by atoms with Gasteiger partial charge in [0.05, 0.1) is 11.7 Å². The molecular formula is C22H27N3O2S. The van der Waals surface area contributed by atoms with E-state index in [2.05, 4.69) is 31.0 Å². The zero-order valence-electron chi connectivity index (χ0n) is 17.3. The summed E-state index contributed by atoms with van der Waals surface area (Å²) in [4.78, 5) is 32.9. The minimum absolute atomic E-state index is 0.000343. The summed E-state index contributed by atoms with van der Waals surface area (Å²) in [6, 6.07) is 6.35. The van der Waals surface area contributed by atoms with Crippen LogP contribution in [0.1, 0.15) is 38.8 Å². The van der Waals surface area contributed by atoms with Gasteiger partial charge >= 0.3 is 0 Å². The number of thiophene rings is 1. The van der Waals surface area contributed by atoms with Crippen molar-refractivity contribution in [3.63, 3.8) is 0 Å². The first-order valence-corrected chi connectivity index (χ1v) is 10.4. The van der Waals surface area contributed by atoms with Gasteiger partial charge in [0, 0.05) is 23.0 Å². The average molecular weight is 398 g/mol. The van der Waals surface area contributed by atoms with E-state index in [-0.39, 0.29) is 30.1 Å². The normalized spacial score (nSPS) is 11.6. The Morgan fingerprint density at radius 2 is 1.82 bits per heavy atom. The molecule has 0 spiro atoms. The standard InChI is InChI=1S/C22H27N3O2S/c1-13(2)25(14(3)4)19(26)10-24-12-23-21-20(22(24)27)18(11-28-21)17-8-7-15(5)16(6)9-17/h7-9,11-14H,10H2,1-6H3. The Balaban J connectivity index is 2.05. The topological polar surface area (TPSA) is 55.2 Å². The van der Waals surface area contributed by atoms with Crippen LogP contribution in [0, 0.1) is 13.8 Å². The molecule has 0 radical (unpaired) electrons. The molecule has 0 bridgehead atoms. The molecule has 0 N–H and O–H groups in total. The highest BCUT2D eigenvalue weighted by atomic mass is 32.1. The van der Waals surface area contributed by atoms with Crippen LogP contribution in [0.3, 0.4) is 0 Å². The Bertz CT molecular complexity index is 1070. The number of benzene rings is 1. The molecule has 3 rings (SSSR count). The van der Waals surface area contributed by atoms with Crippen molar-refractivity contribution in [2.45, 2.75) is 60.2 Å². The minimum atomic E-state index is -0.166. The first kappa shape index (κ1) is 20.3. The lowest BCUT2D eigenvalue weighted by Crippen LogP contribution is -2.44. The van der Waals surface area contributed by atoms with Crippen molar-refractivity contribution in [1.82, 2.24) is 14.5 Å². The number of nitrogens with zero attached hydrogens (tertiary/aromatic N) is 3. The van der Waals surface area contributed by atoms with Gasteiger partial charge < -0.3 is 4.90 Å². The highest BCUT2D eigenvalue weighted by Crippen LogP contribution is 2.31. The van der Waals surface area contributed by atoms with Gasteiger partial charge in [-0.05, 0) is 58.2 Å². The molecule has 0 atom stereocenters. The summed E-state index contributed by atoms with van der Waals surface area (Å²) in [5, 5.41) is 2.56. The molecule has 148 valence electrons. The fraction of sp³-hybridized carbons (Fsp3) is 0.409. The number of fused-ring (bicyclic) bond motifs is 1. The molecule has 0 unspecified atom stereocenters. The van der Waals surface area contributed by atoms with Crippen molar-refractivity contribution < 1.29 is 4.79 Å². The van der Waals surface area contributed by atoms with E-state index in [4.69, 9.17) is 0 Å². The summed E-state index contributed by atoms with van der Waals surface area (Å²) < 4.78 is 1.43. The minimum Gasteiger partial charge on any atom is -0.336 e. The smallest absolute Gasteiger partial charge is 0.263 e. The second-order valence-corrected chi connectivity index (χ2v) is 8.65. The maximum Gasteiger partial charge on any atom is 0.263 e. The fourth-order valence-electron chi connectivity index (χ4n) is 3.60. The van der Waals surface area contributed by atoms with Crippen molar-refractivity contribution in [3.05, 3.63) is 51.4 Å². The molecule has 0 fully saturated rings. The number of aromatic nitrogens is 2. The number of aryl methyl sites for hydroxylation is 2. The maximum atomic E-state index is 13.2. The van der Waals surface area contributed by atoms with E-state index in [0.717, 1.165) is 11.1 Å². The van der Waals surface area contributed by atoms with Crippen molar-refractivity contribution >= 4 is 27.5 Å². The fourth-order valence-corrected chi connectivity index (χ4v) is 4.51. The summed E-state index contributed by atoms with van der Waals surface area (Å²) in [5.41, 5.74) is 4.11.